The molecule has 0 saturated heterocycles. The minimum Gasteiger partial charge on any atom is -0.330 e. The molecular formula is C16H25F2N. The van der Waals surface area contributed by atoms with Crippen LogP contribution in [0.2, 0.25) is 0 Å². The first-order valence-electron chi connectivity index (χ1n) is 6.63. The highest BCUT2D eigenvalue weighted by Gasteiger charge is 2.48. The number of alkyl halides is 2. The summed E-state index contributed by atoms with van der Waals surface area (Å²) in [5, 5.41) is 0. The molecule has 0 spiro atoms. The first kappa shape index (κ1) is 16.1. The van der Waals surface area contributed by atoms with Crippen LogP contribution >= 0.6 is 0 Å². The van der Waals surface area contributed by atoms with Gasteiger partial charge in [-0.2, -0.15) is 0 Å². The van der Waals surface area contributed by atoms with Crippen molar-refractivity contribution < 1.29 is 8.78 Å². The van der Waals surface area contributed by atoms with Gasteiger partial charge in [-0.05, 0) is 29.5 Å². The van der Waals surface area contributed by atoms with Crippen molar-refractivity contribution in [1.29, 1.82) is 0 Å². The predicted octanol–water partition coefficient (Wildman–Crippen LogP) is 4.37. The number of nitrogens with two attached hydrogens (primary N) is 1. The van der Waals surface area contributed by atoms with Gasteiger partial charge >= 0.3 is 0 Å². The van der Waals surface area contributed by atoms with Crippen LogP contribution in [0.5, 0.6) is 0 Å². The SMILES string of the molecule is Cc1ccc(C(C)(C)C)cc1C(F)(F)C(C)(C)CN. The van der Waals surface area contributed by atoms with E-state index < -0.39 is 11.3 Å². The maximum Gasteiger partial charge on any atom is 0.279 e. The van der Waals surface area contributed by atoms with Gasteiger partial charge in [0.05, 0.1) is 0 Å². The lowest BCUT2D eigenvalue weighted by atomic mass is 9.77. The Morgan fingerprint density at radius 3 is 2.00 bits per heavy atom. The number of halogens is 2. The highest BCUT2D eigenvalue weighted by molar-refractivity contribution is 5.38. The highest BCUT2D eigenvalue weighted by atomic mass is 19.3. The lowest BCUT2D eigenvalue weighted by Gasteiger charge is -2.35. The number of hydrogen-bond donors (Lipinski definition) is 1. The fraction of sp³-hybridized carbons (Fsp3) is 0.625. The zero-order chi connectivity index (χ0) is 15.1. The first-order valence-corrected chi connectivity index (χ1v) is 6.63. The van der Waals surface area contributed by atoms with E-state index in [0.29, 0.717) is 5.56 Å². The van der Waals surface area contributed by atoms with Gasteiger partial charge in [-0.25, -0.2) is 8.78 Å². The summed E-state index contributed by atoms with van der Waals surface area (Å²) in [6, 6.07) is 5.33. The van der Waals surface area contributed by atoms with Crippen molar-refractivity contribution in [2.45, 2.75) is 52.9 Å². The van der Waals surface area contributed by atoms with Crippen molar-refractivity contribution in [3.05, 3.63) is 34.9 Å². The van der Waals surface area contributed by atoms with Crippen LogP contribution in [0.3, 0.4) is 0 Å². The van der Waals surface area contributed by atoms with Crippen LogP contribution in [0, 0.1) is 12.3 Å². The summed E-state index contributed by atoms with van der Waals surface area (Å²) in [5.74, 6) is -2.94. The highest BCUT2D eigenvalue weighted by Crippen LogP contribution is 2.46. The van der Waals surface area contributed by atoms with E-state index in [-0.39, 0.29) is 17.5 Å². The molecule has 1 aromatic carbocycles. The molecule has 0 radical (unpaired) electrons. The van der Waals surface area contributed by atoms with Gasteiger partial charge in [0.2, 0.25) is 0 Å². The number of rotatable bonds is 3. The van der Waals surface area contributed by atoms with Gasteiger partial charge in [-0.1, -0.05) is 46.8 Å². The maximum absolute atomic E-state index is 14.7. The Hall–Kier alpha value is -0.960. The molecule has 0 aliphatic heterocycles. The Kier molecular flexibility index (Phi) is 4.12. The molecule has 0 saturated carbocycles. The van der Waals surface area contributed by atoms with E-state index in [1.54, 1.807) is 19.1 Å². The predicted molar refractivity (Wildman–Crippen MR) is 76.6 cm³/mol. The standard InChI is InChI=1S/C16H25F2N/c1-11-7-8-12(14(2,3)4)9-13(11)16(17,18)15(5,6)10-19/h7-9H,10,19H2,1-6H3. The van der Waals surface area contributed by atoms with E-state index >= 15 is 0 Å². The Balaban J connectivity index is 3.42. The topological polar surface area (TPSA) is 26.0 Å². The van der Waals surface area contributed by atoms with E-state index in [9.17, 15) is 8.78 Å². The second kappa shape index (κ2) is 4.86. The molecule has 1 rings (SSSR count). The average molecular weight is 269 g/mol. The van der Waals surface area contributed by atoms with Crippen LogP contribution in [-0.4, -0.2) is 6.54 Å². The van der Waals surface area contributed by atoms with Gasteiger partial charge in [0, 0.05) is 17.5 Å². The van der Waals surface area contributed by atoms with Gasteiger partial charge in [-0.15, -0.1) is 0 Å². The van der Waals surface area contributed by atoms with Crippen molar-refractivity contribution in [2.75, 3.05) is 6.54 Å². The Bertz CT molecular complexity index is 456. The molecule has 0 atom stereocenters. The minimum atomic E-state index is -2.94. The molecule has 0 amide bonds. The average Bonchev–Trinajstić information content (AvgIpc) is 2.27. The Labute approximate surface area is 115 Å². The van der Waals surface area contributed by atoms with Crippen LogP contribution < -0.4 is 5.73 Å². The van der Waals surface area contributed by atoms with E-state index in [0.717, 1.165) is 5.56 Å². The lowest BCUT2D eigenvalue weighted by Crippen LogP contribution is -2.40. The van der Waals surface area contributed by atoms with E-state index in [1.807, 2.05) is 26.8 Å². The quantitative estimate of drug-likeness (QED) is 0.866. The molecule has 0 aromatic heterocycles. The largest absolute Gasteiger partial charge is 0.330 e. The van der Waals surface area contributed by atoms with Crippen LogP contribution in [0.1, 0.15) is 51.3 Å². The third-order valence-electron chi connectivity index (χ3n) is 3.80. The molecule has 1 nitrogen and oxygen atoms in total. The molecule has 0 fully saturated rings. The zero-order valence-electron chi connectivity index (χ0n) is 12.8. The van der Waals surface area contributed by atoms with E-state index in [4.69, 9.17) is 5.73 Å². The fourth-order valence-corrected chi connectivity index (χ4v) is 1.92. The molecule has 19 heavy (non-hydrogen) atoms. The minimum absolute atomic E-state index is 0.0564. The molecule has 1 aromatic rings. The molecule has 0 bridgehead atoms. The molecule has 0 heterocycles. The third-order valence-corrected chi connectivity index (χ3v) is 3.80. The van der Waals surface area contributed by atoms with Crippen molar-refractivity contribution in [3.63, 3.8) is 0 Å². The van der Waals surface area contributed by atoms with Crippen LogP contribution in [0.25, 0.3) is 0 Å². The van der Waals surface area contributed by atoms with Gasteiger partial charge in [-0.3, -0.25) is 0 Å². The van der Waals surface area contributed by atoms with E-state index in [1.165, 1.54) is 13.8 Å². The molecule has 2 N–H and O–H groups in total. The van der Waals surface area contributed by atoms with Crippen molar-refractivity contribution in [3.8, 4) is 0 Å². The second-order valence-electron chi connectivity index (χ2n) is 6.94. The smallest absolute Gasteiger partial charge is 0.279 e. The number of benzene rings is 1. The Morgan fingerprint density at radius 1 is 1.05 bits per heavy atom. The monoisotopic (exact) mass is 269 g/mol. The second-order valence-corrected chi connectivity index (χ2v) is 6.94. The van der Waals surface area contributed by atoms with Gasteiger partial charge in [0.25, 0.3) is 5.92 Å². The summed E-state index contributed by atoms with van der Waals surface area (Å²) in [6.07, 6.45) is 0. The summed E-state index contributed by atoms with van der Waals surface area (Å²) in [6.45, 7) is 10.8. The maximum atomic E-state index is 14.7. The number of aryl methyl sites for hydroxylation is 1. The molecule has 0 aliphatic rings. The molecule has 0 aliphatic carbocycles. The summed E-state index contributed by atoms with van der Waals surface area (Å²) in [5.41, 5.74) is 5.74. The van der Waals surface area contributed by atoms with Crippen LogP contribution in [0.15, 0.2) is 18.2 Å². The molecular weight excluding hydrogens is 244 g/mol. The van der Waals surface area contributed by atoms with Gasteiger partial charge in [0.1, 0.15) is 0 Å². The van der Waals surface area contributed by atoms with Crippen LogP contribution in [0.4, 0.5) is 8.78 Å². The lowest BCUT2D eigenvalue weighted by molar-refractivity contribution is -0.109. The normalized spacial score (nSPS) is 13.7. The zero-order valence-corrected chi connectivity index (χ0v) is 12.8. The molecule has 3 heteroatoms. The molecule has 108 valence electrons. The molecule has 0 unspecified atom stereocenters. The fourth-order valence-electron chi connectivity index (χ4n) is 1.92. The first-order chi connectivity index (χ1) is 8.43. The summed E-state index contributed by atoms with van der Waals surface area (Å²) >= 11 is 0. The summed E-state index contributed by atoms with van der Waals surface area (Å²) < 4.78 is 29.4. The Morgan fingerprint density at radius 2 is 1.58 bits per heavy atom. The number of hydrogen-bond acceptors (Lipinski definition) is 1. The van der Waals surface area contributed by atoms with Crippen molar-refractivity contribution in [1.82, 2.24) is 0 Å². The van der Waals surface area contributed by atoms with Crippen LogP contribution in [-0.2, 0) is 11.3 Å². The van der Waals surface area contributed by atoms with Crippen molar-refractivity contribution >= 4 is 0 Å². The van der Waals surface area contributed by atoms with Crippen molar-refractivity contribution in [2.24, 2.45) is 11.1 Å². The van der Waals surface area contributed by atoms with Gasteiger partial charge < -0.3 is 5.73 Å². The summed E-state index contributed by atoms with van der Waals surface area (Å²) in [4.78, 5) is 0. The summed E-state index contributed by atoms with van der Waals surface area (Å²) in [7, 11) is 0. The third kappa shape index (κ3) is 2.97. The van der Waals surface area contributed by atoms with Gasteiger partial charge in [0.15, 0.2) is 0 Å². The van der Waals surface area contributed by atoms with E-state index in [2.05, 4.69) is 0 Å².